The van der Waals surface area contributed by atoms with E-state index >= 15 is 0 Å². The number of aromatic nitrogens is 2. The lowest BCUT2D eigenvalue weighted by Crippen LogP contribution is -2.31. The van der Waals surface area contributed by atoms with Crippen LogP contribution < -0.4 is 15.6 Å². The third kappa shape index (κ3) is 5.11. The molecule has 1 amide bonds. The molecule has 6 nitrogen and oxygen atoms in total. The zero-order valence-corrected chi connectivity index (χ0v) is 18.6. The number of hydrogen-bond donors (Lipinski definition) is 2. The number of H-pyrrole nitrogens is 1. The monoisotopic (exact) mass is 455 g/mol. The third-order valence-corrected chi connectivity index (χ3v) is 6.17. The Morgan fingerprint density at radius 3 is 2.58 bits per heavy atom. The Morgan fingerprint density at radius 2 is 1.87 bits per heavy atom. The van der Waals surface area contributed by atoms with Gasteiger partial charge in [-0.15, -0.1) is 0 Å². The molecule has 31 heavy (non-hydrogen) atoms. The molecule has 2 N–H and O–H groups in total. The highest BCUT2D eigenvalue weighted by atomic mass is 35.5. The summed E-state index contributed by atoms with van der Waals surface area (Å²) in [4.78, 5) is 32.7. The Labute approximate surface area is 189 Å². The molecule has 4 rings (SSSR count). The second-order valence-electron chi connectivity index (χ2n) is 7.27. The summed E-state index contributed by atoms with van der Waals surface area (Å²) in [6, 6.07) is 15.1. The van der Waals surface area contributed by atoms with Crippen molar-refractivity contribution < 1.29 is 9.53 Å². The second-order valence-corrected chi connectivity index (χ2v) is 8.67. The van der Waals surface area contributed by atoms with Crippen molar-refractivity contribution in [2.45, 2.75) is 36.6 Å². The van der Waals surface area contributed by atoms with Crippen molar-refractivity contribution >= 4 is 35.1 Å². The Balaban J connectivity index is 1.58. The summed E-state index contributed by atoms with van der Waals surface area (Å²) in [6.07, 6.45) is 1.13. The number of nitrogens with zero attached hydrogens (tertiary/aromatic N) is 1. The van der Waals surface area contributed by atoms with Gasteiger partial charge in [-0.3, -0.25) is 9.59 Å². The van der Waals surface area contributed by atoms with Crippen LogP contribution in [0.2, 0.25) is 5.02 Å². The fourth-order valence-corrected chi connectivity index (χ4v) is 4.39. The summed E-state index contributed by atoms with van der Waals surface area (Å²) >= 11 is 7.32. The number of nitrogens with one attached hydrogen (secondary N) is 2. The van der Waals surface area contributed by atoms with Crippen molar-refractivity contribution in [1.29, 1.82) is 0 Å². The van der Waals surface area contributed by atoms with Crippen molar-refractivity contribution in [3.05, 3.63) is 80.6 Å². The molecule has 160 valence electrons. The van der Waals surface area contributed by atoms with E-state index in [4.69, 9.17) is 16.3 Å². The topological polar surface area (TPSA) is 84.1 Å². The normalized spacial score (nSPS) is 15.3. The number of carbonyl (C=O) groups excluding carboxylic acids is 1. The molecule has 0 radical (unpaired) electrons. The van der Waals surface area contributed by atoms with E-state index in [1.54, 1.807) is 0 Å². The van der Waals surface area contributed by atoms with Gasteiger partial charge in [0.2, 0.25) is 5.91 Å². The first kappa shape index (κ1) is 21.5. The van der Waals surface area contributed by atoms with Gasteiger partial charge in [-0.2, -0.15) is 0 Å². The van der Waals surface area contributed by atoms with Crippen LogP contribution in [0.5, 0.6) is 5.75 Å². The van der Waals surface area contributed by atoms with E-state index in [9.17, 15) is 9.59 Å². The zero-order valence-electron chi connectivity index (χ0n) is 17.0. The van der Waals surface area contributed by atoms with Crippen molar-refractivity contribution in [2.24, 2.45) is 0 Å². The number of amides is 1. The minimum Gasteiger partial charge on any atom is -0.494 e. The Bertz CT molecular complexity index is 1130. The van der Waals surface area contributed by atoms with Crippen LogP contribution >= 0.6 is 23.4 Å². The predicted molar refractivity (Wildman–Crippen MR) is 123 cm³/mol. The van der Waals surface area contributed by atoms with E-state index in [1.807, 2.05) is 55.5 Å². The van der Waals surface area contributed by atoms with Crippen molar-refractivity contribution in [1.82, 2.24) is 9.97 Å². The van der Waals surface area contributed by atoms with Crippen molar-refractivity contribution in [2.75, 3.05) is 11.9 Å². The maximum atomic E-state index is 12.9. The van der Waals surface area contributed by atoms with Gasteiger partial charge in [-0.05, 0) is 41.8 Å². The molecule has 0 bridgehead atoms. The quantitative estimate of drug-likeness (QED) is 0.387. The maximum absolute atomic E-state index is 12.9. The lowest BCUT2D eigenvalue weighted by Gasteiger charge is -2.24. The highest BCUT2D eigenvalue weighted by Gasteiger charge is 2.31. The second kappa shape index (κ2) is 9.58. The van der Waals surface area contributed by atoms with E-state index in [1.165, 1.54) is 11.8 Å². The molecule has 1 aliphatic heterocycles. The number of ether oxygens (including phenoxy) is 1. The van der Waals surface area contributed by atoms with Crippen LogP contribution in [0.4, 0.5) is 5.82 Å². The molecular formula is C23H22ClN3O3S. The largest absolute Gasteiger partial charge is 0.494 e. The van der Waals surface area contributed by atoms with Crippen LogP contribution in [0, 0.1) is 0 Å². The van der Waals surface area contributed by atoms with Gasteiger partial charge in [0, 0.05) is 23.1 Å². The summed E-state index contributed by atoms with van der Waals surface area (Å²) in [7, 11) is 0. The molecule has 2 heterocycles. The van der Waals surface area contributed by atoms with Gasteiger partial charge >= 0.3 is 0 Å². The van der Waals surface area contributed by atoms with E-state index in [0.29, 0.717) is 33.9 Å². The molecule has 0 aliphatic carbocycles. The summed E-state index contributed by atoms with van der Waals surface area (Å²) < 4.78 is 5.63. The fourth-order valence-electron chi connectivity index (χ4n) is 3.45. The Hall–Kier alpha value is -2.77. The van der Waals surface area contributed by atoms with Crippen LogP contribution in [0.3, 0.4) is 0 Å². The molecule has 0 saturated heterocycles. The number of rotatable bonds is 7. The molecule has 2 aromatic carbocycles. The Morgan fingerprint density at radius 1 is 1.13 bits per heavy atom. The highest BCUT2D eigenvalue weighted by Crippen LogP contribution is 2.35. The smallest absolute Gasteiger partial charge is 0.257 e. The molecule has 1 aromatic heterocycles. The first-order valence-corrected chi connectivity index (χ1v) is 11.4. The SMILES string of the molecule is CCCOc1ccc([C@H]2CC(=O)Nc3nc(SCc4ccc(Cl)cc4)[nH]c(=O)c32)cc1. The first-order valence-electron chi connectivity index (χ1n) is 10.1. The molecule has 0 saturated carbocycles. The first-order chi connectivity index (χ1) is 15.0. The lowest BCUT2D eigenvalue weighted by molar-refractivity contribution is -0.116. The number of anilines is 1. The number of hydrogen-bond acceptors (Lipinski definition) is 5. The minimum absolute atomic E-state index is 0.157. The number of thioether (sulfide) groups is 1. The summed E-state index contributed by atoms with van der Waals surface area (Å²) in [5.74, 6) is 1.21. The summed E-state index contributed by atoms with van der Waals surface area (Å²) in [5, 5.41) is 3.90. The van der Waals surface area contributed by atoms with Gasteiger partial charge in [-0.1, -0.05) is 54.6 Å². The maximum Gasteiger partial charge on any atom is 0.257 e. The molecule has 1 atom stereocenters. The van der Waals surface area contributed by atoms with E-state index in [-0.39, 0.29) is 23.8 Å². The van der Waals surface area contributed by atoms with E-state index in [0.717, 1.165) is 23.3 Å². The average molecular weight is 456 g/mol. The standard InChI is InChI=1S/C23H22ClN3O3S/c1-2-11-30-17-9-5-15(6-10-17)18-12-19(28)25-21-20(18)22(29)27-23(26-21)31-13-14-3-7-16(24)8-4-14/h3-10,18H,2,11-13H2,1H3,(H2,25,26,27,28,29)/t18-/m1/s1. The predicted octanol–water partition coefficient (Wildman–Crippen LogP) is 4.98. The summed E-state index contributed by atoms with van der Waals surface area (Å²) in [5.41, 5.74) is 2.19. The van der Waals surface area contributed by atoms with Gasteiger partial charge in [0.25, 0.3) is 5.56 Å². The molecule has 8 heteroatoms. The molecule has 0 spiro atoms. The van der Waals surface area contributed by atoms with Crippen LogP contribution in [0.15, 0.2) is 58.5 Å². The Kier molecular flexibility index (Phi) is 6.63. The zero-order chi connectivity index (χ0) is 21.8. The van der Waals surface area contributed by atoms with Crippen molar-refractivity contribution in [3.8, 4) is 5.75 Å². The molecule has 1 aliphatic rings. The molecule has 3 aromatic rings. The highest BCUT2D eigenvalue weighted by molar-refractivity contribution is 7.98. The van der Waals surface area contributed by atoms with Crippen LogP contribution in [0.25, 0.3) is 0 Å². The number of fused-ring (bicyclic) bond motifs is 1. The van der Waals surface area contributed by atoms with Gasteiger partial charge in [-0.25, -0.2) is 4.98 Å². The average Bonchev–Trinajstić information content (AvgIpc) is 2.77. The fraction of sp³-hybridized carbons (Fsp3) is 0.261. The molecule has 0 unspecified atom stereocenters. The van der Waals surface area contributed by atoms with Gasteiger partial charge < -0.3 is 15.0 Å². The number of carbonyl (C=O) groups is 1. The van der Waals surface area contributed by atoms with E-state index < -0.39 is 0 Å². The van der Waals surface area contributed by atoms with Crippen LogP contribution in [-0.2, 0) is 10.5 Å². The third-order valence-electron chi connectivity index (χ3n) is 4.97. The number of aromatic amines is 1. The van der Waals surface area contributed by atoms with E-state index in [2.05, 4.69) is 15.3 Å². The number of benzene rings is 2. The van der Waals surface area contributed by atoms with Crippen molar-refractivity contribution in [3.63, 3.8) is 0 Å². The summed E-state index contributed by atoms with van der Waals surface area (Å²) in [6.45, 7) is 2.70. The van der Waals surface area contributed by atoms with Gasteiger partial charge in [0.1, 0.15) is 11.6 Å². The van der Waals surface area contributed by atoms with Crippen LogP contribution in [0.1, 0.15) is 42.4 Å². The van der Waals surface area contributed by atoms with Gasteiger partial charge in [0.05, 0.1) is 12.2 Å². The lowest BCUT2D eigenvalue weighted by atomic mass is 9.87. The minimum atomic E-state index is -0.351. The van der Waals surface area contributed by atoms with Crippen LogP contribution in [-0.4, -0.2) is 22.5 Å². The van der Waals surface area contributed by atoms with Gasteiger partial charge in [0.15, 0.2) is 5.16 Å². The number of halogens is 1. The molecule has 0 fully saturated rings. The molecular weight excluding hydrogens is 434 g/mol.